The van der Waals surface area contributed by atoms with Crippen LogP contribution in [0, 0.1) is 17.8 Å². The second-order valence-corrected chi connectivity index (χ2v) is 12.9. The molecule has 9 heteroatoms. The fourth-order valence-electron chi connectivity index (χ4n) is 7.48. The van der Waals surface area contributed by atoms with Gasteiger partial charge in [-0.2, -0.15) is 0 Å². The second-order valence-electron chi connectivity index (χ2n) is 12.0. The molecule has 0 bridgehead atoms. The quantitative estimate of drug-likeness (QED) is 0.149. The minimum Gasteiger partial charge on any atom is -0.508 e. The largest absolute Gasteiger partial charge is 0.508 e. The minimum absolute atomic E-state index is 0.0133. The highest BCUT2D eigenvalue weighted by molar-refractivity contribution is 9.10. The van der Waals surface area contributed by atoms with Gasteiger partial charge in [0.15, 0.2) is 17.1 Å². The smallest absolute Gasteiger partial charge is 0.238 e. The molecule has 1 saturated heterocycles. The number of aromatic hydroxyl groups is 1. The van der Waals surface area contributed by atoms with Crippen LogP contribution in [0.2, 0.25) is 0 Å². The van der Waals surface area contributed by atoms with E-state index in [4.69, 9.17) is 4.42 Å². The van der Waals surface area contributed by atoms with Gasteiger partial charge in [0.1, 0.15) is 11.3 Å². The fourth-order valence-corrected chi connectivity index (χ4v) is 7.86. The van der Waals surface area contributed by atoms with E-state index in [9.17, 15) is 24.3 Å². The molecule has 8 rings (SSSR count). The molecule has 1 aromatic heterocycles. The Morgan fingerprint density at radius 2 is 1.73 bits per heavy atom. The molecule has 1 fully saturated rings. The molecule has 1 N–H and O–H groups in total. The third kappa shape index (κ3) is 4.14. The summed E-state index contributed by atoms with van der Waals surface area (Å²) in [5, 5.41) is 11.0. The monoisotopic (exact) mass is 660 g/mol. The summed E-state index contributed by atoms with van der Waals surface area (Å²) in [5.74, 6) is -3.25. The van der Waals surface area contributed by atoms with Crippen LogP contribution in [0.3, 0.4) is 0 Å². The molecular weight excluding hydrogens is 636 g/mol. The van der Waals surface area contributed by atoms with Crippen LogP contribution in [0.15, 0.2) is 110 Å². The number of allylic oxidation sites excluding steroid dienone is 6. The molecule has 4 atom stereocenters. The Bertz CT molecular complexity index is 2070. The molecule has 8 nitrogen and oxygen atoms in total. The number of ketones is 2. The zero-order valence-electron chi connectivity index (χ0n) is 24.0. The molecule has 2 amide bonds. The van der Waals surface area contributed by atoms with Gasteiger partial charge in [0.2, 0.25) is 17.7 Å². The first-order valence-electron chi connectivity index (χ1n) is 14.7. The fraction of sp³-hybridized carbons (Fsp3) is 0.194. The Morgan fingerprint density at radius 1 is 0.956 bits per heavy atom. The highest BCUT2D eigenvalue weighted by atomic mass is 79.9. The number of oxazole rings is 1. The number of hydrogen-bond acceptors (Lipinski definition) is 7. The van der Waals surface area contributed by atoms with E-state index in [2.05, 4.69) is 20.9 Å². The van der Waals surface area contributed by atoms with Gasteiger partial charge in [-0.1, -0.05) is 39.7 Å². The number of para-hydroxylation sites is 2. The van der Waals surface area contributed by atoms with E-state index in [0.29, 0.717) is 55.9 Å². The van der Waals surface area contributed by atoms with E-state index in [-0.39, 0.29) is 35.6 Å². The minimum atomic E-state index is -0.718. The lowest BCUT2D eigenvalue weighted by Crippen LogP contribution is -2.39. The Labute approximate surface area is 265 Å². The number of carbonyl (C=O) groups excluding carboxylic acids is 4. The molecule has 0 spiro atoms. The summed E-state index contributed by atoms with van der Waals surface area (Å²) in [4.78, 5) is 60.8. The predicted molar refractivity (Wildman–Crippen MR) is 169 cm³/mol. The van der Waals surface area contributed by atoms with E-state index in [1.54, 1.807) is 49.4 Å². The third-order valence-electron chi connectivity index (χ3n) is 9.53. The standard InChI is InChI=1S/C36H25BrN2O6/c1-17-14-28(41)25-16-23-21(30(32(25)33(17)42)24-15-19(37)8-13-27(24)40)11-12-22-31(23)36(44)39(35(22)43)20-9-6-18(7-10-20)34-38-26-4-2-3-5-29(26)45-34/h2-11,13-15,22-23,30-31,40H,12,16H2,1H3/t22-,23+,30+,31-/m0/s1. The number of carbonyl (C=O) groups is 4. The zero-order valence-corrected chi connectivity index (χ0v) is 25.6. The van der Waals surface area contributed by atoms with Crippen LogP contribution in [-0.4, -0.2) is 33.5 Å². The number of amides is 2. The number of hydrogen-bond donors (Lipinski definition) is 1. The summed E-state index contributed by atoms with van der Waals surface area (Å²) in [5.41, 5.74) is 4.85. The molecule has 3 aromatic carbocycles. The van der Waals surface area contributed by atoms with Gasteiger partial charge in [-0.25, -0.2) is 4.98 Å². The van der Waals surface area contributed by atoms with Crippen molar-refractivity contribution >= 4 is 56.1 Å². The number of phenols is 1. The van der Waals surface area contributed by atoms with Crippen molar-refractivity contribution < 1.29 is 28.7 Å². The molecular formula is C36H25BrN2O6. The van der Waals surface area contributed by atoms with Crippen molar-refractivity contribution in [2.75, 3.05) is 4.90 Å². The van der Waals surface area contributed by atoms with E-state index < -0.39 is 23.7 Å². The molecule has 4 aliphatic rings. The van der Waals surface area contributed by atoms with Crippen LogP contribution < -0.4 is 4.90 Å². The molecule has 0 unspecified atom stereocenters. The second kappa shape index (κ2) is 10.1. The highest BCUT2D eigenvalue weighted by Crippen LogP contribution is 2.56. The maximum Gasteiger partial charge on any atom is 0.238 e. The normalized spacial score (nSPS) is 24.4. The van der Waals surface area contributed by atoms with Crippen molar-refractivity contribution in [2.24, 2.45) is 17.8 Å². The number of fused-ring (bicyclic) bond motifs is 4. The maximum absolute atomic E-state index is 14.2. The van der Waals surface area contributed by atoms with Gasteiger partial charge < -0.3 is 9.52 Å². The van der Waals surface area contributed by atoms with Gasteiger partial charge in [0.25, 0.3) is 0 Å². The van der Waals surface area contributed by atoms with Crippen molar-refractivity contribution in [1.82, 2.24) is 4.98 Å². The molecule has 4 aromatic rings. The average Bonchev–Trinajstić information content (AvgIpc) is 3.58. The van der Waals surface area contributed by atoms with Gasteiger partial charge >= 0.3 is 0 Å². The van der Waals surface area contributed by atoms with Gasteiger partial charge in [-0.3, -0.25) is 24.1 Å². The summed E-state index contributed by atoms with van der Waals surface area (Å²) in [7, 11) is 0. The van der Waals surface area contributed by atoms with Crippen molar-refractivity contribution in [3.63, 3.8) is 0 Å². The number of Topliss-reactive ketones (excluding diaryl/α,β-unsaturated/α-hetero) is 1. The number of anilines is 1. The Morgan fingerprint density at radius 3 is 2.51 bits per heavy atom. The van der Waals surface area contributed by atoms with Crippen molar-refractivity contribution in [3.8, 4) is 17.2 Å². The summed E-state index contributed by atoms with van der Waals surface area (Å²) in [6.07, 6.45) is 3.77. The van der Waals surface area contributed by atoms with Crippen LogP contribution in [0.4, 0.5) is 5.69 Å². The van der Waals surface area contributed by atoms with Crippen LogP contribution in [0.5, 0.6) is 5.75 Å². The van der Waals surface area contributed by atoms with E-state index >= 15 is 0 Å². The number of aromatic nitrogens is 1. The topological polar surface area (TPSA) is 118 Å². The maximum atomic E-state index is 14.2. The van der Waals surface area contributed by atoms with Gasteiger partial charge in [0, 0.05) is 38.2 Å². The SMILES string of the molecule is CC1=CC(=O)C2=C(C1=O)[C@@H](c1cc(Br)ccc1O)C1=CC[C@@H]3C(=O)N(c4ccc(-c5nc6ccccc6o5)cc4)C(=O)[C@@H]3[C@@H]1C2. The zero-order chi connectivity index (χ0) is 31.1. The van der Waals surface area contributed by atoms with Gasteiger partial charge in [-0.15, -0.1) is 0 Å². The van der Waals surface area contributed by atoms with E-state index in [0.717, 1.165) is 11.1 Å². The van der Waals surface area contributed by atoms with Crippen molar-refractivity contribution in [2.45, 2.75) is 25.7 Å². The first-order chi connectivity index (χ1) is 21.7. The number of halogens is 1. The summed E-state index contributed by atoms with van der Waals surface area (Å²) >= 11 is 3.48. The first-order valence-corrected chi connectivity index (χ1v) is 15.5. The lowest BCUT2D eigenvalue weighted by molar-refractivity contribution is -0.123. The van der Waals surface area contributed by atoms with Crippen LogP contribution >= 0.6 is 15.9 Å². The predicted octanol–water partition coefficient (Wildman–Crippen LogP) is 6.60. The van der Waals surface area contributed by atoms with Gasteiger partial charge in [-0.05, 0) is 86.4 Å². The summed E-state index contributed by atoms with van der Waals surface area (Å²) in [6, 6.07) is 19.4. The summed E-state index contributed by atoms with van der Waals surface area (Å²) < 4.78 is 6.58. The number of benzene rings is 3. The Balaban J connectivity index is 1.17. The molecule has 3 aliphatic carbocycles. The Kier molecular flexibility index (Phi) is 6.19. The molecule has 2 heterocycles. The third-order valence-corrected chi connectivity index (χ3v) is 10.0. The number of phenolic OH excluding ortho intramolecular Hbond substituents is 1. The number of nitrogens with zero attached hydrogens (tertiary/aromatic N) is 2. The molecule has 45 heavy (non-hydrogen) atoms. The molecule has 0 saturated carbocycles. The lowest BCUT2D eigenvalue weighted by Gasteiger charge is -2.42. The van der Waals surface area contributed by atoms with Crippen LogP contribution in [0.1, 0.15) is 31.2 Å². The van der Waals surface area contributed by atoms with E-state index in [1.165, 1.54) is 11.0 Å². The lowest BCUT2D eigenvalue weighted by atomic mass is 9.59. The molecule has 0 radical (unpaired) electrons. The van der Waals surface area contributed by atoms with Crippen molar-refractivity contribution in [3.05, 3.63) is 111 Å². The molecule has 222 valence electrons. The number of imide groups is 1. The summed E-state index contributed by atoms with van der Waals surface area (Å²) in [6.45, 7) is 1.62. The Hall–Kier alpha value is -4.89. The van der Waals surface area contributed by atoms with Crippen molar-refractivity contribution in [1.29, 1.82) is 0 Å². The van der Waals surface area contributed by atoms with Crippen LogP contribution in [-0.2, 0) is 19.2 Å². The van der Waals surface area contributed by atoms with Gasteiger partial charge in [0.05, 0.1) is 17.5 Å². The van der Waals surface area contributed by atoms with E-state index in [1.807, 2.05) is 30.3 Å². The van der Waals surface area contributed by atoms with Crippen LogP contribution in [0.25, 0.3) is 22.6 Å². The average molecular weight is 662 g/mol. The highest BCUT2D eigenvalue weighted by Gasteiger charge is 2.56. The first kappa shape index (κ1) is 27.6. The molecule has 1 aliphatic heterocycles. The number of rotatable bonds is 3.